The van der Waals surface area contributed by atoms with Crippen LogP contribution in [0.4, 0.5) is 0 Å². The van der Waals surface area contributed by atoms with E-state index < -0.39 is 0 Å². The molecule has 2 N–H and O–H groups in total. The quantitative estimate of drug-likeness (QED) is 0.865. The molecule has 4 nitrogen and oxygen atoms in total. The van der Waals surface area contributed by atoms with Crippen LogP contribution in [0.2, 0.25) is 0 Å². The number of rotatable bonds is 3. The zero-order chi connectivity index (χ0) is 11.7. The third-order valence-electron chi connectivity index (χ3n) is 2.50. The number of ether oxygens (including phenoxy) is 2. The maximum Gasteiger partial charge on any atom is 0.141 e. The van der Waals surface area contributed by atoms with Crippen molar-refractivity contribution in [3.63, 3.8) is 0 Å². The highest BCUT2D eigenvalue weighted by Gasteiger charge is 2.13. The van der Waals surface area contributed by atoms with Gasteiger partial charge in [0.25, 0.3) is 0 Å². The average molecular weight is 221 g/mol. The number of furan rings is 1. The van der Waals surface area contributed by atoms with Crippen LogP contribution in [0.15, 0.2) is 22.6 Å². The second-order valence-electron chi connectivity index (χ2n) is 3.68. The number of hydrogen-bond acceptors (Lipinski definition) is 4. The predicted octanol–water partition coefficient (Wildman–Crippen LogP) is 2.47. The molecule has 0 saturated heterocycles. The Morgan fingerprint density at radius 2 is 1.94 bits per heavy atom. The molecular weight excluding hydrogens is 206 g/mol. The lowest BCUT2D eigenvalue weighted by atomic mass is 10.2. The molecule has 0 spiro atoms. The summed E-state index contributed by atoms with van der Waals surface area (Å²) in [5.74, 6) is 2.17. The Kier molecular flexibility index (Phi) is 2.75. The van der Waals surface area contributed by atoms with Gasteiger partial charge in [-0.3, -0.25) is 0 Å². The van der Waals surface area contributed by atoms with Gasteiger partial charge in [0, 0.05) is 12.1 Å². The Labute approximate surface area is 93.9 Å². The lowest BCUT2D eigenvalue weighted by molar-refractivity contribution is 0.396. The SMILES string of the molecule is COc1cc(OC)c2cc(C(C)N)oc2c1. The fourth-order valence-electron chi connectivity index (χ4n) is 1.61. The van der Waals surface area contributed by atoms with Crippen LogP contribution < -0.4 is 15.2 Å². The van der Waals surface area contributed by atoms with Gasteiger partial charge in [0.2, 0.25) is 0 Å². The minimum Gasteiger partial charge on any atom is -0.496 e. The van der Waals surface area contributed by atoms with Crippen molar-refractivity contribution < 1.29 is 13.9 Å². The van der Waals surface area contributed by atoms with Crippen LogP contribution in [-0.2, 0) is 0 Å². The van der Waals surface area contributed by atoms with Crippen LogP contribution in [0.25, 0.3) is 11.0 Å². The van der Waals surface area contributed by atoms with E-state index in [9.17, 15) is 0 Å². The molecule has 1 atom stereocenters. The number of nitrogens with two attached hydrogens (primary N) is 1. The van der Waals surface area contributed by atoms with Gasteiger partial charge >= 0.3 is 0 Å². The molecule has 0 aliphatic rings. The lowest BCUT2D eigenvalue weighted by Crippen LogP contribution is -2.02. The van der Waals surface area contributed by atoms with Crippen molar-refractivity contribution in [2.75, 3.05) is 14.2 Å². The summed E-state index contributed by atoms with van der Waals surface area (Å²) < 4.78 is 16.1. The summed E-state index contributed by atoms with van der Waals surface area (Å²) in [4.78, 5) is 0. The fourth-order valence-corrected chi connectivity index (χ4v) is 1.61. The molecule has 1 unspecified atom stereocenters. The summed E-state index contributed by atoms with van der Waals surface area (Å²) in [6, 6.07) is 5.41. The second kappa shape index (κ2) is 4.06. The minimum absolute atomic E-state index is 0.136. The zero-order valence-electron chi connectivity index (χ0n) is 9.61. The normalized spacial score (nSPS) is 12.8. The van der Waals surface area contributed by atoms with E-state index in [0.29, 0.717) is 5.75 Å². The van der Waals surface area contributed by atoms with E-state index in [1.54, 1.807) is 14.2 Å². The van der Waals surface area contributed by atoms with Gasteiger partial charge in [-0.25, -0.2) is 0 Å². The maximum absolute atomic E-state index is 5.77. The molecule has 86 valence electrons. The first-order chi connectivity index (χ1) is 7.65. The highest BCUT2D eigenvalue weighted by Crippen LogP contribution is 2.34. The number of methoxy groups -OCH3 is 2. The summed E-state index contributed by atoms with van der Waals surface area (Å²) in [6.07, 6.45) is 0. The molecule has 4 heteroatoms. The minimum atomic E-state index is -0.136. The molecule has 16 heavy (non-hydrogen) atoms. The van der Waals surface area contributed by atoms with Crippen LogP contribution in [0.1, 0.15) is 18.7 Å². The molecule has 1 aromatic heterocycles. The smallest absolute Gasteiger partial charge is 0.141 e. The molecule has 0 amide bonds. The van der Waals surface area contributed by atoms with Crippen molar-refractivity contribution in [3.8, 4) is 11.5 Å². The van der Waals surface area contributed by atoms with Crippen molar-refractivity contribution in [1.82, 2.24) is 0 Å². The fraction of sp³-hybridized carbons (Fsp3) is 0.333. The third-order valence-corrected chi connectivity index (χ3v) is 2.50. The first-order valence-corrected chi connectivity index (χ1v) is 5.06. The summed E-state index contributed by atoms with van der Waals surface area (Å²) in [7, 11) is 3.22. The number of fused-ring (bicyclic) bond motifs is 1. The third kappa shape index (κ3) is 1.72. The van der Waals surface area contributed by atoms with E-state index in [0.717, 1.165) is 22.5 Å². The van der Waals surface area contributed by atoms with E-state index >= 15 is 0 Å². The van der Waals surface area contributed by atoms with Crippen molar-refractivity contribution in [2.24, 2.45) is 5.73 Å². The first kappa shape index (κ1) is 10.8. The average Bonchev–Trinajstić information content (AvgIpc) is 2.71. The van der Waals surface area contributed by atoms with Gasteiger partial charge < -0.3 is 19.6 Å². The predicted molar refractivity (Wildman–Crippen MR) is 61.9 cm³/mol. The van der Waals surface area contributed by atoms with E-state index in [-0.39, 0.29) is 6.04 Å². The largest absolute Gasteiger partial charge is 0.496 e. The molecular formula is C12H15NO3. The van der Waals surface area contributed by atoms with E-state index in [1.807, 2.05) is 25.1 Å². The maximum atomic E-state index is 5.77. The molecule has 2 rings (SSSR count). The molecule has 0 aliphatic heterocycles. The van der Waals surface area contributed by atoms with Gasteiger partial charge in [0.15, 0.2) is 0 Å². The second-order valence-corrected chi connectivity index (χ2v) is 3.68. The molecule has 0 radical (unpaired) electrons. The van der Waals surface area contributed by atoms with Gasteiger partial charge in [-0.15, -0.1) is 0 Å². The first-order valence-electron chi connectivity index (χ1n) is 5.06. The Hall–Kier alpha value is -1.68. The van der Waals surface area contributed by atoms with E-state index in [1.165, 1.54) is 0 Å². The highest BCUT2D eigenvalue weighted by molar-refractivity contribution is 5.86. The van der Waals surface area contributed by atoms with Crippen LogP contribution in [0, 0.1) is 0 Å². The Morgan fingerprint density at radius 3 is 2.50 bits per heavy atom. The van der Waals surface area contributed by atoms with Gasteiger partial charge in [-0.2, -0.15) is 0 Å². The summed E-state index contributed by atoms with van der Waals surface area (Å²) >= 11 is 0. The van der Waals surface area contributed by atoms with Crippen molar-refractivity contribution in [1.29, 1.82) is 0 Å². The van der Waals surface area contributed by atoms with Crippen LogP contribution in [-0.4, -0.2) is 14.2 Å². The van der Waals surface area contributed by atoms with Crippen molar-refractivity contribution >= 4 is 11.0 Å². The zero-order valence-corrected chi connectivity index (χ0v) is 9.61. The Morgan fingerprint density at radius 1 is 1.19 bits per heavy atom. The van der Waals surface area contributed by atoms with E-state index in [2.05, 4.69) is 0 Å². The molecule has 1 aromatic carbocycles. The molecule has 0 fully saturated rings. The molecule has 0 aliphatic carbocycles. The van der Waals surface area contributed by atoms with Gasteiger partial charge in [-0.05, 0) is 13.0 Å². The van der Waals surface area contributed by atoms with Gasteiger partial charge in [0.05, 0.1) is 25.6 Å². The molecule has 0 bridgehead atoms. The Bertz CT molecular complexity index is 502. The number of hydrogen-bond donors (Lipinski definition) is 1. The van der Waals surface area contributed by atoms with Crippen LogP contribution in [0.5, 0.6) is 11.5 Å². The van der Waals surface area contributed by atoms with Crippen LogP contribution >= 0.6 is 0 Å². The van der Waals surface area contributed by atoms with Gasteiger partial charge in [0.1, 0.15) is 22.8 Å². The van der Waals surface area contributed by atoms with Crippen molar-refractivity contribution in [2.45, 2.75) is 13.0 Å². The Balaban J connectivity index is 2.65. The topological polar surface area (TPSA) is 57.6 Å². The summed E-state index contributed by atoms with van der Waals surface area (Å²) in [5, 5.41) is 0.913. The summed E-state index contributed by atoms with van der Waals surface area (Å²) in [5.41, 5.74) is 6.50. The van der Waals surface area contributed by atoms with E-state index in [4.69, 9.17) is 19.6 Å². The van der Waals surface area contributed by atoms with Gasteiger partial charge in [-0.1, -0.05) is 0 Å². The lowest BCUT2D eigenvalue weighted by Gasteiger charge is -2.04. The summed E-state index contributed by atoms with van der Waals surface area (Å²) in [6.45, 7) is 1.88. The highest BCUT2D eigenvalue weighted by atomic mass is 16.5. The molecule has 1 heterocycles. The van der Waals surface area contributed by atoms with Crippen molar-refractivity contribution in [3.05, 3.63) is 24.0 Å². The number of benzene rings is 1. The monoisotopic (exact) mass is 221 g/mol. The van der Waals surface area contributed by atoms with Crippen LogP contribution in [0.3, 0.4) is 0 Å². The molecule has 2 aromatic rings. The standard InChI is InChI=1S/C12H15NO3/c1-7(13)10-6-9-11(15-3)4-8(14-2)5-12(9)16-10/h4-7H,13H2,1-3H3. The molecule has 0 saturated carbocycles.